The fourth-order valence-corrected chi connectivity index (χ4v) is 5.06. The summed E-state index contributed by atoms with van der Waals surface area (Å²) in [6.07, 6.45) is 10.3. The molecular weight excluding hydrogens is 366 g/mol. The fraction of sp³-hybridized carbons (Fsp3) is 0.682. The van der Waals surface area contributed by atoms with Gasteiger partial charge in [0.05, 0.1) is 6.54 Å². The van der Waals surface area contributed by atoms with Gasteiger partial charge < -0.3 is 9.80 Å². The highest BCUT2D eigenvalue weighted by atomic mass is 16.2. The zero-order chi connectivity index (χ0) is 20.2. The Morgan fingerprint density at radius 2 is 1.79 bits per heavy atom. The lowest BCUT2D eigenvalue weighted by molar-refractivity contribution is -0.120. The van der Waals surface area contributed by atoms with Crippen molar-refractivity contribution in [3.05, 3.63) is 29.6 Å². The number of aromatic nitrogens is 2. The van der Waals surface area contributed by atoms with Crippen molar-refractivity contribution in [2.24, 2.45) is 0 Å². The number of hydrogen-bond donors (Lipinski definition) is 0. The Kier molecular flexibility index (Phi) is 6.33. The number of nitrogens with zero attached hydrogens (tertiary/aromatic N) is 5. The van der Waals surface area contributed by atoms with Crippen LogP contribution in [0.5, 0.6) is 0 Å². The number of piperazine rings is 1. The minimum atomic E-state index is 0.109. The van der Waals surface area contributed by atoms with E-state index in [-0.39, 0.29) is 5.91 Å². The van der Waals surface area contributed by atoms with Gasteiger partial charge in [0.25, 0.3) is 5.91 Å². The van der Waals surface area contributed by atoms with Crippen molar-refractivity contribution in [2.45, 2.75) is 57.5 Å². The molecule has 2 amide bonds. The predicted octanol–water partition coefficient (Wildman–Crippen LogP) is 1.72. The minimum Gasteiger partial charge on any atom is -0.343 e. The summed E-state index contributed by atoms with van der Waals surface area (Å²) < 4.78 is 1.99. The number of carbonyl (C=O) groups is 2. The summed E-state index contributed by atoms with van der Waals surface area (Å²) in [5.41, 5.74) is 3.03. The largest absolute Gasteiger partial charge is 0.343 e. The van der Waals surface area contributed by atoms with Crippen molar-refractivity contribution >= 4 is 12.3 Å². The molecule has 7 nitrogen and oxygen atoms in total. The summed E-state index contributed by atoms with van der Waals surface area (Å²) in [6, 6.07) is 0.424. The summed E-state index contributed by atoms with van der Waals surface area (Å²) in [5, 5.41) is 4.77. The van der Waals surface area contributed by atoms with Crippen LogP contribution in [0.15, 0.2) is 12.7 Å². The van der Waals surface area contributed by atoms with Crippen LogP contribution in [0.25, 0.3) is 0 Å². The van der Waals surface area contributed by atoms with Gasteiger partial charge in [0.15, 0.2) is 5.69 Å². The molecule has 2 saturated heterocycles. The first-order valence-electron chi connectivity index (χ1n) is 11.1. The Hall–Kier alpha value is -2.15. The third-order valence-electron chi connectivity index (χ3n) is 6.73. The topological polar surface area (TPSA) is 61.7 Å². The molecule has 0 N–H and O–H groups in total. The number of hydrogen-bond acceptors (Lipinski definition) is 4. The molecule has 7 heteroatoms. The van der Waals surface area contributed by atoms with E-state index in [0.29, 0.717) is 18.3 Å². The molecule has 3 aliphatic rings. The van der Waals surface area contributed by atoms with E-state index in [4.69, 9.17) is 5.10 Å². The molecule has 1 aromatic heterocycles. The normalized spacial score (nSPS) is 23.4. The molecule has 0 spiro atoms. The van der Waals surface area contributed by atoms with E-state index in [1.807, 2.05) is 20.6 Å². The van der Waals surface area contributed by atoms with Gasteiger partial charge in [-0.15, -0.1) is 6.58 Å². The lowest BCUT2D eigenvalue weighted by Gasteiger charge is -2.39. The molecule has 0 aromatic carbocycles. The molecule has 2 fully saturated rings. The summed E-state index contributed by atoms with van der Waals surface area (Å²) in [7, 11) is 0. The molecule has 0 radical (unpaired) electrons. The van der Waals surface area contributed by atoms with Crippen LogP contribution in [0, 0.1) is 0 Å². The molecule has 0 unspecified atom stereocenters. The predicted molar refractivity (Wildman–Crippen MR) is 112 cm³/mol. The maximum absolute atomic E-state index is 13.4. The second-order valence-corrected chi connectivity index (χ2v) is 8.53. The van der Waals surface area contributed by atoms with Crippen LogP contribution in [-0.2, 0) is 24.2 Å². The Morgan fingerprint density at radius 3 is 2.45 bits per heavy atom. The lowest BCUT2D eigenvalue weighted by atomic mass is 9.89. The number of amides is 2. The van der Waals surface area contributed by atoms with Crippen LogP contribution >= 0.6 is 0 Å². The zero-order valence-corrected chi connectivity index (χ0v) is 17.4. The van der Waals surface area contributed by atoms with Crippen LogP contribution in [0.1, 0.15) is 53.8 Å². The van der Waals surface area contributed by atoms with Gasteiger partial charge in [0.2, 0.25) is 6.41 Å². The molecule has 0 bridgehead atoms. The molecule has 2 aliphatic heterocycles. The molecule has 1 aromatic rings. The molecule has 3 heterocycles. The highest BCUT2D eigenvalue weighted by Crippen LogP contribution is 2.29. The van der Waals surface area contributed by atoms with Gasteiger partial charge in [-0.05, 0) is 32.1 Å². The van der Waals surface area contributed by atoms with E-state index < -0.39 is 0 Å². The van der Waals surface area contributed by atoms with E-state index in [0.717, 1.165) is 83.3 Å². The molecule has 4 rings (SSSR count). The highest BCUT2D eigenvalue weighted by molar-refractivity contribution is 5.94. The van der Waals surface area contributed by atoms with Crippen molar-refractivity contribution in [1.82, 2.24) is 24.5 Å². The third-order valence-corrected chi connectivity index (χ3v) is 6.73. The third kappa shape index (κ3) is 4.25. The molecular formula is C22H33N5O2. The minimum absolute atomic E-state index is 0.109. The van der Waals surface area contributed by atoms with Crippen LogP contribution in [0.4, 0.5) is 0 Å². The number of likely N-dealkylation sites (tertiary alicyclic amines) is 1. The van der Waals surface area contributed by atoms with Crippen molar-refractivity contribution < 1.29 is 9.59 Å². The number of fused-ring (bicyclic) bond motifs is 1. The molecule has 1 aliphatic carbocycles. The van der Waals surface area contributed by atoms with E-state index in [1.165, 1.54) is 18.5 Å². The van der Waals surface area contributed by atoms with Gasteiger partial charge in [0, 0.05) is 56.6 Å². The highest BCUT2D eigenvalue weighted by Gasteiger charge is 2.34. The van der Waals surface area contributed by atoms with Gasteiger partial charge in [-0.2, -0.15) is 5.10 Å². The smallest absolute Gasteiger partial charge is 0.274 e. The molecule has 158 valence electrons. The van der Waals surface area contributed by atoms with E-state index in [1.54, 1.807) is 0 Å². The second-order valence-electron chi connectivity index (χ2n) is 8.53. The summed E-state index contributed by atoms with van der Waals surface area (Å²) in [4.78, 5) is 30.7. The first kappa shape index (κ1) is 20.1. The number of allylic oxidation sites excluding steroid dienone is 1. The van der Waals surface area contributed by atoms with Crippen molar-refractivity contribution in [3.63, 3.8) is 0 Å². The monoisotopic (exact) mass is 399 g/mol. The average molecular weight is 400 g/mol. The SMILES string of the molecule is C=CCn1nc(C(=O)N2CCCCCC2)c2c1CC[C@@H](N1CCN(C=O)CC1)C2. The zero-order valence-electron chi connectivity index (χ0n) is 17.4. The molecule has 1 atom stereocenters. The molecule has 0 saturated carbocycles. The Morgan fingerprint density at radius 1 is 1.07 bits per heavy atom. The maximum atomic E-state index is 13.4. The van der Waals surface area contributed by atoms with Gasteiger partial charge >= 0.3 is 0 Å². The Labute approximate surface area is 173 Å². The summed E-state index contributed by atoms with van der Waals surface area (Å²) >= 11 is 0. The van der Waals surface area contributed by atoms with Gasteiger partial charge in [-0.3, -0.25) is 19.2 Å². The van der Waals surface area contributed by atoms with Crippen LogP contribution in [0.2, 0.25) is 0 Å². The van der Waals surface area contributed by atoms with Gasteiger partial charge in [0.1, 0.15) is 0 Å². The van der Waals surface area contributed by atoms with E-state index in [9.17, 15) is 9.59 Å². The Bertz CT molecular complexity index is 743. The van der Waals surface area contributed by atoms with Gasteiger partial charge in [-0.1, -0.05) is 18.9 Å². The van der Waals surface area contributed by atoms with Crippen LogP contribution < -0.4 is 0 Å². The van der Waals surface area contributed by atoms with E-state index >= 15 is 0 Å². The quantitative estimate of drug-likeness (QED) is 0.559. The van der Waals surface area contributed by atoms with Crippen molar-refractivity contribution in [1.29, 1.82) is 0 Å². The number of rotatable bonds is 5. The van der Waals surface area contributed by atoms with Crippen molar-refractivity contribution in [2.75, 3.05) is 39.3 Å². The van der Waals surface area contributed by atoms with E-state index in [2.05, 4.69) is 11.5 Å². The average Bonchev–Trinajstić information content (AvgIpc) is 2.93. The summed E-state index contributed by atoms with van der Waals surface area (Å²) in [5.74, 6) is 0.109. The van der Waals surface area contributed by atoms with Crippen LogP contribution in [-0.4, -0.2) is 82.1 Å². The van der Waals surface area contributed by atoms with Crippen molar-refractivity contribution in [3.8, 4) is 0 Å². The first-order chi connectivity index (χ1) is 14.2. The number of carbonyl (C=O) groups excluding carboxylic acids is 2. The standard InChI is InChI=1S/C22H33N5O2/c1-2-9-27-20-8-7-18(25-14-12-24(17-28)13-15-25)16-19(20)21(23-27)22(29)26-10-5-3-4-6-11-26/h2,17-18H,1,3-16H2/t18-/m1/s1. The van der Waals surface area contributed by atoms with Gasteiger partial charge in [-0.25, -0.2) is 0 Å². The maximum Gasteiger partial charge on any atom is 0.274 e. The lowest BCUT2D eigenvalue weighted by Crippen LogP contribution is -2.51. The first-order valence-corrected chi connectivity index (χ1v) is 11.1. The molecule has 29 heavy (non-hydrogen) atoms. The van der Waals surface area contributed by atoms with Crippen LogP contribution in [0.3, 0.4) is 0 Å². The Balaban J connectivity index is 1.55. The summed E-state index contributed by atoms with van der Waals surface area (Å²) in [6.45, 7) is 9.62. The second kappa shape index (κ2) is 9.11. The fourth-order valence-electron chi connectivity index (χ4n) is 5.06.